The molecule has 0 bridgehead atoms. The molecule has 0 atom stereocenters. The normalized spacial score (nSPS) is 17.2. The van der Waals surface area contributed by atoms with Crippen molar-refractivity contribution in [2.45, 2.75) is 44.7 Å². The first-order valence-corrected chi connectivity index (χ1v) is 10.5. The molecule has 2 aromatic rings. The molecule has 1 aliphatic carbocycles. The van der Waals surface area contributed by atoms with Crippen LogP contribution >= 0.6 is 0 Å². The Kier molecular flexibility index (Phi) is 6.17. The van der Waals surface area contributed by atoms with E-state index in [0.29, 0.717) is 13.2 Å². The van der Waals surface area contributed by atoms with Crippen molar-refractivity contribution in [1.29, 1.82) is 0 Å². The predicted octanol–water partition coefficient (Wildman–Crippen LogP) is 3.21. The number of rotatable bonds is 7. The zero-order valence-electron chi connectivity index (χ0n) is 17.1. The minimum absolute atomic E-state index is 0.696. The third kappa shape index (κ3) is 4.50. The van der Waals surface area contributed by atoms with Crippen molar-refractivity contribution in [3.8, 4) is 22.8 Å². The van der Waals surface area contributed by atoms with Crippen LogP contribution in [-0.2, 0) is 13.6 Å². The summed E-state index contributed by atoms with van der Waals surface area (Å²) >= 11 is 0. The van der Waals surface area contributed by atoms with Crippen LogP contribution in [0.3, 0.4) is 0 Å². The van der Waals surface area contributed by atoms with E-state index in [1.807, 2.05) is 17.8 Å². The van der Waals surface area contributed by atoms with Crippen LogP contribution in [0.1, 0.15) is 37.7 Å². The molecular weight excluding hydrogens is 352 g/mol. The number of hydrogen-bond acceptors (Lipinski definition) is 5. The Morgan fingerprint density at radius 3 is 2.75 bits per heavy atom. The molecule has 2 heterocycles. The first-order chi connectivity index (χ1) is 13.7. The standard InChI is InChI=1S/C22H32N4O2/c1-25(19-6-3-4-7-19)11-10-23-15-18-16-26(2)24-22(18)17-8-9-20-21(14-17)28-13-5-12-27-20/h8-9,14,16,19,23H,3-7,10-13,15H2,1-2H3. The van der Waals surface area contributed by atoms with Gasteiger partial charge in [0.2, 0.25) is 0 Å². The first-order valence-electron chi connectivity index (χ1n) is 10.5. The van der Waals surface area contributed by atoms with E-state index in [1.165, 1.54) is 31.2 Å². The number of aromatic nitrogens is 2. The van der Waals surface area contributed by atoms with Gasteiger partial charge in [-0.05, 0) is 38.1 Å². The summed E-state index contributed by atoms with van der Waals surface area (Å²) in [6.45, 7) is 4.30. The summed E-state index contributed by atoms with van der Waals surface area (Å²) in [5, 5.41) is 8.30. The van der Waals surface area contributed by atoms with E-state index in [4.69, 9.17) is 14.6 Å². The van der Waals surface area contributed by atoms with E-state index < -0.39 is 0 Å². The maximum atomic E-state index is 5.85. The number of hydrogen-bond donors (Lipinski definition) is 1. The number of nitrogens with zero attached hydrogens (tertiary/aromatic N) is 3. The fourth-order valence-electron chi connectivity index (χ4n) is 4.23. The summed E-state index contributed by atoms with van der Waals surface area (Å²) in [4.78, 5) is 2.51. The third-order valence-corrected chi connectivity index (χ3v) is 5.83. The van der Waals surface area contributed by atoms with E-state index in [0.717, 1.165) is 54.9 Å². The van der Waals surface area contributed by atoms with Crippen molar-refractivity contribution in [3.63, 3.8) is 0 Å². The molecule has 1 aromatic heterocycles. The van der Waals surface area contributed by atoms with E-state index in [9.17, 15) is 0 Å². The minimum Gasteiger partial charge on any atom is -0.490 e. The smallest absolute Gasteiger partial charge is 0.161 e. The van der Waals surface area contributed by atoms with E-state index in [1.54, 1.807) is 0 Å². The third-order valence-electron chi connectivity index (χ3n) is 5.83. The van der Waals surface area contributed by atoms with Crippen molar-refractivity contribution < 1.29 is 9.47 Å². The lowest BCUT2D eigenvalue weighted by Gasteiger charge is -2.23. The van der Waals surface area contributed by atoms with Gasteiger partial charge in [-0.25, -0.2) is 0 Å². The van der Waals surface area contributed by atoms with Gasteiger partial charge in [0.1, 0.15) is 0 Å². The average Bonchev–Trinajstić information content (AvgIpc) is 3.29. The van der Waals surface area contributed by atoms with Crippen LogP contribution in [0.4, 0.5) is 0 Å². The van der Waals surface area contributed by atoms with Gasteiger partial charge in [0.25, 0.3) is 0 Å². The van der Waals surface area contributed by atoms with E-state index >= 15 is 0 Å². The lowest BCUT2D eigenvalue weighted by Crippen LogP contribution is -2.35. The molecule has 0 radical (unpaired) electrons. The molecule has 6 nitrogen and oxygen atoms in total. The summed E-state index contributed by atoms with van der Waals surface area (Å²) in [5.74, 6) is 1.64. The lowest BCUT2D eigenvalue weighted by atomic mass is 10.1. The first kappa shape index (κ1) is 19.3. The molecule has 0 saturated heterocycles. The van der Waals surface area contributed by atoms with Crippen LogP contribution in [-0.4, -0.2) is 54.1 Å². The second kappa shape index (κ2) is 8.97. The zero-order chi connectivity index (χ0) is 19.3. The van der Waals surface area contributed by atoms with Gasteiger partial charge in [0.05, 0.1) is 18.9 Å². The van der Waals surface area contributed by atoms with Crippen molar-refractivity contribution in [1.82, 2.24) is 20.0 Å². The molecule has 1 aliphatic heterocycles. The molecular formula is C22H32N4O2. The Bertz CT molecular complexity index is 783. The van der Waals surface area contributed by atoms with Gasteiger partial charge >= 0.3 is 0 Å². The Morgan fingerprint density at radius 1 is 1.14 bits per heavy atom. The highest BCUT2D eigenvalue weighted by Crippen LogP contribution is 2.34. The quantitative estimate of drug-likeness (QED) is 0.743. The highest BCUT2D eigenvalue weighted by molar-refractivity contribution is 5.66. The lowest BCUT2D eigenvalue weighted by molar-refractivity contribution is 0.245. The largest absolute Gasteiger partial charge is 0.490 e. The number of fused-ring (bicyclic) bond motifs is 1. The minimum atomic E-state index is 0.696. The van der Waals surface area contributed by atoms with Crippen LogP contribution in [0.25, 0.3) is 11.3 Å². The molecule has 1 fully saturated rings. The highest BCUT2D eigenvalue weighted by Gasteiger charge is 2.19. The number of nitrogens with one attached hydrogen (secondary N) is 1. The van der Waals surface area contributed by atoms with Crippen LogP contribution in [0.2, 0.25) is 0 Å². The van der Waals surface area contributed by atoms with Gasteiger partial charge in [0, 0.05) is 56.5 Å². The number of benzene rings is 1. The second-order valence-corrected chi connectivity index (χ2v) is 7.98. The topological polar surface area (TPSA) is 51.6 Å². The molecule has 6 heteroatoms. The summed E-state index contributed by atoms with van der Waals surface area (Å²) < 4.78 is 13.5. The Hall–Kier alpha value is -2.05. The van der Waals surface area contributed by atoms with Crippen LogP contribution in [0.15, 0.2) is 24.4 Å². The van der Waals surface area contributed by atoms with Crippen molar-refractivity contribution in [2.24, 2.45) is 7.05 Å². The van der Waals surface area contributed by atoms with Gasteiger partial charge in [-0.3, -0.25) is 4.68 Å². The van der Waals surface area contributed by atoms with E-state index in [-0.39, 0.29) is 0 Å². The Labute approximate surface area is 167 Å². The van der Waals surface area contributed by atoms with Crippen LogP contribution in [0.5, 0.6) is 11.5 Å². The average molecular weight is 385 g/mol. The molecule has 0 spiro atoms. The fraction of sp³-hybridized carbons (Fsp3) is 0.591. The molecule has 1 aromatic carbocycles. The number of ether oxygens (including phenoxy) is 2. The maximum Gasteiger partial charge on any atom is 0.161 e. The molecule has 152 valence electrons. The van der Waals surface area contributed by atoms with E-state index in [2.05, 4.69) is 35.6 Å². The van der Waals surface area contributed by atoms with Gasteiger partial charge < -0.3 is 19.7 Å². The predicted molar refractivity (Wildman–Crippen MR) is 111 cm³/mol. The highest BCUT2D eigenvalue weighted by atomic mass is 16.5. The summed E-state index contributed by atoms with van der Waals surface area (Å²) in [5.41, 5.74) is 3.29. The summed E-state index contributed by atoms with van der Waals surface area (Å²) in [6.07, 6.45) is 8.50. The number of aryl methyl sites for hydroxylation is 1. The summed E-state index contributed by atoms with van der Waals surface area (Å²) in [6, 6.07) is 6.91. The number of likely N-dealkylation sites (N-methyl/N-ethyl adjacent to an activating group) is 1. The van der Waals surface area contributed by atoms with Gasteiger partial charge in [0.15, 0.2) is 11.5 Å². The monoisotopic (exact) mass is 384 g/mol. The Balaban J connectivity index is 1.39. The van der Waals surface area contributed by atoms with Gasteiger partial charge in [-0.15, -0.1) is 0 Å². The van der Waals surface area contributed by atoms with Crippen molar-refractivity contribution >= 4 is 0 Å². The van der Waals surface area contributed by atoms with Crippen molar-refractivity contribution in [2.75, 3.05) is 33.4 Å². The Morgan fingerprint density at radius 2 is 1.93 bits per heavy atom. The SMILES string of the molecule is CN(CCNCc1cn(C)nc1-c1ccc2c(c1)OCCCO2)C1CCCC1. The molecule has 2 aliphatic rings. The molecule has 4 rings (SSSR count). The molecule has 1 N–H and O–H groups in total. The van der Waals surface area contributed by atoms with Crippen molar-refractivity contribution in [3.05, 3.63) is 30.0 Å². The van der Waals surface area contributed by atoms with Gasteiger partial charge in [-0.2, -0.15) is 5.10 Å². The van der Waals surface area contributed by atoms with Gasteiger partial charge in [-0.1, -0.05) is 12.8 Å². The fourth-order valence-corrected chi connectivity index (χ4v) is 4.23. The molecule has 1 saturated carbocycles. The maximum absolute atomic E-state index is 5.85. The summed E-state index contributed by atoms with van der Waals surface area (Å²) in [7, 11) is 4.23. The molecule has 28 heavy (non-hydrogen) atoms. The molecule has 0 unspecified atom stereocenters. The van der Waals surface area contributed by atoms with Crippen LogP contribution < -0.4 is 14.8 Å². The van der Waals surface area contributed by atoms with Crippen LogP contribution in [0, 0.1) is 0 Å². The zero-order valence-corrected chi connectivity index (χ0v) is 17.1. The molecule has 0 amide bonds. The second-order valence-electron chi connectivity index (χ2n) is 7.98.